The van der Waals surface area contributed by atoms with Gasteiger partial charge in [0.25, 0.3) is 5.92 Å². The highest BCUT2D eigenvalue weighted by Gasteiger charge is 2.71. The predicted octanol–water partition coefficient (Wildman–Crippen LogP) is 4.89. The molecule has 1 aromatic carbocycles. The Labute approximate surface area is 220 Å². The zero-order chi connectivity index (χ0) is 26.3. The van der Waals surface area contributed by atoms with Crippen molar-refractivity contribution in [2.24, 2.45) is 23.2 Å². The van der Waals surface area contributed by atoms with Crippen LogP contribution in [0.2, 0.25) is 5.02 Å². The molecule has 7 rings (SSSR count). The molecule has 37 heavy (non-hydrogen) atoms. The van der Waals surface area contributed by atoms with E-state index in [2.05, 4.69) is 10.6 Å². The van der Waals surface area contributed by atoms with Crippen LogP contribution in [0.5, 0.6) is 0 Å². The second-order valence-corrected chi connectivity index (χ2v) is 12.5. The quantitative estimate of drug-likeness (QED) is 0.512. The number of nitrogens with zero attached hydrogens (tertiary/aromatic N) is 1. The summed E-state index contributed by atoms with van der Waals surface area (Å²) < 4.78 is 34.7. The first-order chi connectivity index (χ1) is 17.4. The van der Waals surface area contributed by atoms with Crippen LogP contribution in [0.15, 0.2) is 18.2 Å². The monoisotopic (exact) mass is 534 g/mol. The smallest absolute Gasteiger partial charge is 0.254 e. The highest BCUT2D eigenvalue weighted by Crippen LogP contribution is 2.69. The fraction of sp³-hybridized carbons (Fsp3) is 0.667. The molecule has 7 nitrogen and oxygen atoms in total. The lowest BCUT2D eigenvalue weighted by molar-refractivity contribution is -0.142. The van der Waals surface area contributed by atoms with Gasteiger partial charge in [-0.25, -0.2) is 8.78 Å². The standard InChI is InChI=1S/C27H33ClF2N4O3/c1-14-8-17(6-7-37-14)34-21(35)13-25(2,33-24(34)31)18-4-3-5-20(22(18)28)32-23(36)26-10-15-9-16(11-26)27(29,30)19(15)12-26/h3-5,14-17,19H,6-13H2,1-2H3,(H2,31,33)(H,32,36)/t14-,15?,16?,17-,19?,25+,26?/m1/s1. The lowest BCUT2D eigenvalue weighted by atomic mass is 9.67. The van der Waals surface area contributed by atoms with E-state index in [1.54, 1.807) is 18.2 Å². The molecule has 4 unspecified atom stereocenters. The summed E-state index contributed by atoms with van der Waals surface area (Å²) in [6.07, 6.45) is 2.91. The summed E-state index contributed by atoms with van der Waals surface area (Å²) in [4.78, 5) is 28.3. The number of guanidine groups is 1. The summed E-state index contributed by atoms with van der Waals surface area (Å²) in [5, 5.41) is 15.1. The zero-order valence-corrected chi connectivity index (χ0v) is 21.8. The first-order valence-electron chi connectivity index (χ1n) is 13.2. The van der Waals surface area contributed by atoms with Gasteiger partial charge in [0.2, 0.25) is 11.8 Å². The van der Waals surface area contributed by atoms with Crippen LogP contribution in [0.1, 0.15) is 64.4 Å². The molecule has 4 bridgehead atoms. The molecule has 2 aliphatic heterocycles. The van der Waals surface area contributed by atoms with Crippen molar-refractivity contribution in [2.75, 3.05) is 11.9 Å². The fourth-order valence-corrected chi connectivity index (χ4v) is 8.30. The van der Waals surface area contributed by atoms with Gasteiger partial charge >= 0.3 is 0 Å². The largest absolute Gasteiger partial charge is 0.378 e. The predicted molar refractivity (Wildman–Crippen MR) is 135 cm³/mol. The van der Waals surface area contributed by atoms with Gasteiger partial charge in [-0.1, -0.05) is 23.7 Å². The van der Waals surface area contributed by atoms with Gasteiger partial charge in [-0.3, -0.25) is 19.9 Å². The number of ether oxygens (including phenoxy) is 1. The third-order valence-corrected chi connectivity index (χ3v) is 10.1. The van der Waals surface area contributed by atoms with Gasteiger partial charge in [0.15, 0.2) is 5.96 Å². The average molecular weight is 535 g/mol. The minimum Gasteiger partial charge on any atom is -0.378 e. The van der Waals surface area contributed by atoms with Crippen molar-refractivity contribution >= 4 is 35.1 Å². The number of amides is 2. The molecule has 2 heterocycles. The van der Waals surface area contributed by atoms with Crippen LogP contribution in [0.3, 0.4) is 0 Å². The van der Waals surface area contributed by atoms with E-state index in [-0.39, 0.29) is 60.1 Å². The molecule has 0 aromatic heterocycles. The molecule has 4 saturated carbocycles. The van der Waals surface area contributed by atoms with Crippen LogP contribution >= 0.6 is 11.6 Å². The number of alkyl halides is 2. The summed E-state index contributed by atoms with van der Waals surface area (Å²) in [5.41, 5.74) is -0.712. The first kappa shape index (κ1) is 25.0. The summed E-state index contributed by atoms with van der Waals surface area (Å²) in [5.74, 6) is -4.56. The third kappa shape index (κ3) is 3.79. The molecule has 200 valence electrons. The maximum Gasteiger partial charge on any atom is 0.254 e. The van der Waals surface area contributed by atoms with Crippen LogP contribution in [0, 0.1) is 28.6 Å². The third-order valence-electron chi connectivity index (χ3n) is 9.65. The van der Waals surface area contributed by atoms with Crippen LogP contribution in [-0.2, 0) is 19.9 Å². The van der Waals surface area contributed by atoms with Gasteiger partial charge in [-0.15, -0.1) is 0 Å². The number of anilines is 1. The minimum atomic E-state index is -2.67. The Kier molecular flexibility index (Phi) is 5.66. The molecular weight excluding hydrogens is 502 g/mol. The van der Waals surface area contributed by atoms with Crippen molar-refractivity contribution in [1.82, 2.24) is 10.2 Å². The summed E-state index contributed by atoms with van der Waals surface area (Å²) >= 11 is 6.81. The molecule has 6 aliphatic rings. The van der Waals surface area contributed by atoms with Gasteiger partial charge in [-0.2, -0.15) is 0 Å². The van der Waals surface area contributed by atoms with Crippen molar-refractivity contribution in [3.63, 3.8) is 0 Å². The lowest BCUT2D eigenvalue weighted by Crippen LogP contribution is -2.63. The van der Waals surface area contributed by atoms with E-state index in [9.17, 15) is 18.4 Å². The molecule has 2 saturated heterocycles. The first-order valence-corrected chi connectivity index (χ1v) is 13.6. The number of benzene rings is 1. The molecule has 6 fully saturated rings. The molecule has 3 N–H and O–H groups in total. The van der Waals surface area contributed by atoms with Crippen LogP contribution in [0.25, 0.3) is 0 Å². The van der Waals surface area contributed by atoms with Gasteiger partial charge in [0, 0.05) is 24.5 Å². The molecule has 4 aliphatic carbocycles. The molecule has 0 spiro atoms. The Hall–Kier alpha value is -2.26. The zero-order valence-electron chi connectivity index (χ0n) is 21.1. The molecular formula is C27H33ClF2N4O3. The highest BCUT2D eigenvalue weighted by molar-refractivity contribution is 6.34. The topological polar surface area (TPSA) is 94.5 Å². The number of carbonyl (C=O) groups is 2. The van der Waals surface area contributed by atoms with Gasteiger partial charge in [0.1, 0.15) is 0 Å². The van der Waals surface area contributed by atoms with Crippen LogP contribution in [0.4, 0.5) is 14.5 Å². The van der Waals surface area contributed by atoms with E-state index < -0.39 is 28.7 Å². The van der Waals surface area contributed by atoms with Crippen LogP contribution < -0.4 is 10.6 Å². The van der Waals surface area contributed by atoms with Crippen molar-refractivity contribution in [3.05, 3.63) is 28.8 Å². The Bertz CT molecular complexity index is 1160. The van der Waals surface area contributed by atoms with Crippen molar-refractivity contribution in [2.45, 2.75) is 82.4 Å². The molecule has 0 radical (unpaired) electrons. The van der Waals surface area contributed by atoms with E-state index in [0.29, 0.717) is 43.5 Å². The van der Waals surface area contributed by atoms with E-state index >= 15 is 0 Å². The number of carbonyl (C=O) groups excluding carboxylic acids is 2. The van der Waals surface area contributed by atoms with E-state index in [1.165, 1.54) is 4.90 Å². The van der Waals surface area contributed by atoms with E-state index in [1.807, 2.05) is 13.8 Å². The van der Waals surface area contributed by atoms with Crippen molar-refractivity contribution in [3.8, 4) is 0 Å². The molecule has 2 amide bonds. The lowest BCUT2D eigenvalue weighted by Gasteiger charge is -2.45. The van der Waals surface area contributed by atoms with Gasteiger partial charge in [-0.05, 0) is 69.9 Å². The Morgan fingerprint density at radius 3 is 2.73 bits per heavy atom. The van der Waals surface area contributed by atoms with Gasteiger partial charge in [0.05, 0.1) is 34.2 Å². The average Bonchev–Trinajstić information content (AvgIpc) is 3.19. The normalized spacial score (nSPS) is 40.1. The maximum atomic E-state index is 14.6. The van der Waals surface area contributed by atoms with Crippen LogP contribution in [-0.4, -0.2) is 47.3 Å². The van der Waals surface area contributed by atoms with E-state index in [4.69, 9.17) is 21.7 Å². The maximum absolute atomic E-state index is 14.6. The van der Waals surface area contributed by atoms with Crippen molar-refractivity contribution < 1.29 is 23.1 Å². The Morgan fingerprint density at radius 2 is 2.05 bits per heavy atom. The molecule has 10 heteroatoms. The second-order valence-electron chi connectivity index (χ2n) is 12.1. The number of hydrogen-bond donors (Lipinski definition) is 3. The highest BCUT2D eigenvalue weighted by atomic mass is 35.5. The van der Waals surface area contributed by atoms with Gasteiger partial charge < -0.3 is 15.4 Å². The van der Waals surface area contributed by atoms with Crippen molar-refractivity contribution in [1.29, 1.82) is 5.41 Å². The number of rotatable bonds is 4. The summed E-state index contributed by atoms with van der Waals surface area (Å²) in [6, 6.07) is 5.15. The summed E-state index contributed by atoms with van der Waals surface area (Å²) in [6.45, 7) is 4.34. The second kappa shape index (κ2) is 8.37. The molecule has 1 aromatic rings. The Balaban J connectivity index is 1.21. The fourth-order valence-electron chi connectivity index (χ4n) is 7.92. The van der Waals surface area contributed by atoms with E-state index in [0.717, 1.165) is 0 Å². The number of halogens is 3. The SMILES string of the molecule is C[C@@H]1C[C@H](N2C(=N)N[C@](C)(c3cccc(NC(=O)C45CC6CC(C4)C(F)(F)C6C5)c3Cl)CC2=O)CCO1. The molecule has 7 atom stereocenters. The summed E-state index contributed by atoms with van der Waals surface area (Å²) in [7, 11) is 0. The number of hydrogen-bond acceptors (Lipinski definition) is 4. The Morgan fingerprint density at radius 1 is 1.27 bits per heavy atom. The number of nitrogens with one attached hydrogen (secondary N) is 3. The minimum absolute atomic E-state index is 0.0262.